The van der Waals surface area contributed by atoms with Crippen LogP contribution in [0.1, 0.15) is 17.7 Å². The van der Waals surface area contributed by atoms with Gasteiger partial charge in [0.15, 0.2) is 0 Å². The first-order valence-electron chi connectivity index (χ1n) is 9.12. The van der Waals surface area contributed by atoms with E-state index >= 15 is 0 Å². The van der Waals surface area contributed by atoms with Gasteiger partial charge in [-0.05, 0) is 43.7 Å². The van der Waals surface area contributed by atoms with Crippen LogP contribution in [0, 0.1) is 18.7 Å². The molecule has 1 aliphatic heterocycles. The molecule has 8 heteroatoms. The highest BCUT2D eigenvalue weighted by Gasteiger charge is 2.32. The highest BCUT2D eigenvalue weighted by molar-refractivity contribution is 6.31. The minimum atomic E-state index is -0.560. The van der Waals surface area contributed by atoms with Crippen molar-refractivity contribution in [1.82, 2.24) is 9.78 Å². The Bertz CT molecular complexity index is 1100. The topological polar surface area (TPSA) is 76.0 Å². The Labute approximate surface area is 171 Å². The van der Waals surface area contributed by atoms with Crippen molar-refractivity contribution in [3.05, 3.63) is 70.6 Å². The summed E-state index contributed by atoms with van der Waals surface area (Å²) >= 11 is 5.74. The molecule has 1 aromatic heterocycles. The first-order chi connectivity index (χ1) is 13.9. The quantitative estimate of drug-likeness (QED) is 0.677. The summed E-state index contributed by atoms with van der Waals surface area (Å²) in [6.45, 7) is 1.88. The highest BCUT2D eigenvalue weighted by atomic mass is 35.5. The molecule has 0 aliphatic carbocycles. The first kappa shape index (κ1) is 19.1. The Balaban J connectivity index is 1.50. The van der Waals surface area contributed by atoms with Crippen molar-refractivity contribution < 1.29 is 14.0 Å². The number of para-hydroxylation sites is 1. The molecule has 29 heavy (non-hydrogen) atoms. The number of amides is 2. The van der Waals surface area contributed by atoms with Gasteiger partial charge < -0.3 is 10.6 Å². The maximum atomic E-state index is 13.3. The van der Waals surface area contributed by atoms with Gasteiger partial charge in [-0.15, -0.1) is 0 Å². The van der Waals surface area contributed by atoms with Crippen LogP contribution >= 0.6 is 11.6 Å². The maximum Gasteiger partial charge on any atom is 0.229 e. The second-order valence-corrected chi connectivity index (χ2v) is 7.34. The Morgan fingerprint density at radius 2 is 2.07 bits per heavy atom. The van der Waals surface area contributed by atoms with Crippen molar-refractivity contribution in [3.63, 3.8) is 0 Å². The summed E-state index contributed by atoms with van der Waals surface area (Å²) < 4.78 is 15.0. The third-order valence-corrected chi connectivity index (χ3v) is 5.17. The lowest BCUT2D eigenvalue weighted by Gasteiger charge is -2.23. The zero-order valence-electron chi connectivity index (χ0n) is 15.6. The smallest absolute Gasteiger partial charge is 0.229 e. The minimum absolute atomic E-state index is 0.00374. The Morgan fingerprint density at radius 3 is 2.79 bits per heavy atom. The van der Waals surface area contributed by atoms with E-state index in [1.54, 1.807) is 4.68 Å². The van der Waals surface area contributed by atoms with Crippen molar-refractivity contribution in [1.29, 1.82) is 0 Å². The number of nitrogens with one attached hydrogen (secondary N) is 2. The monoisotopic (exact) mass is 412 g/mol. The number of carbonyl (C=O) groups excluding carboxylic acids is 2. The van der Waals surface area contributed by atoms with Crippen LogP contribution < -0.4 is 10.6 Å². The number of nitrogens with zero attached hydrogens (tertiary/aromatic N) is 2. The molecule has 0 saturated carbocycles. The molecule has 2 aromatic carbocycles. The predicted molar refractivity (Wildman–Crippen MR) is 109 cm³/mol. The number of hydrogen-bond donors (Lipinski definition) is 2. The lowest BCUT2D eigenvalue weighted by molar-refractivity contribution is -0.125. The normalized spacial score (nSPS) is 15.6. The largest absolute Gasteiger partial charge is 0.326 e. The second kappa shape index (κ2) is 7.67. The van der Waals surface area contributed by atoms with Crippen LogP contribution in [0.15, 0.2) is 48.5 Å². The molecule has 6 nitrogen and oxygen atoms in total. The molecule has 2 amide bonds. The van der Waals surface area contributed by atoms with E-state index in [-0.39, 0.29) is 23.3 Å². The number of fused-ring (bicyclic) bond motifs is 1. The number of anilines is 2. The van der Waals surface area contributed by atoms with Crippen molar-refractivity contribution in [2.75, 3.05) is 10.6 Å². The molecule has 0 saturated heterocycles. The van der Waals surface area contributed by atoms with Crippen molar-refractivity contribution in [2.45, 2.75) is 19.8 Å². The molecule has 2 N–H and O–H groups in total. The van der Waals surface area contributed by atoms with E-state index < -0.39 is 11.7 Å². The molecule has 1 unspecified atom stereocenters. The number of aromatic nitrogens is 2. The standard InChI is InChI=1S/C21H18ClFN4O2/c1-12-16-9-13(10-19(28)24-14-7-8-18(23)17(22)11-14)21(29)25-20(16)27(26-12)15-5-3-2-4-6-15/h2-8,11,13H,9-10H2,1H3,(H,24,28)(H,25,29). The van der Waals surface area contributed by atoms with E-state index in [9.17, 15) is 14.0 Å². The van der Waals surface area contributed by atoms with E-state index in [0.29, 0.717) is 17.9 Å². The molecule has 0 fully saturated rings. The molecular formula is C21H18ClFN4O2. The van der Waals surface area contributed by atoms with Crippen LogP contribution in [-0.2, 0) is 16.0 Å². The first-order valence-corrected chi connectivity index (χ1v) is 9.50. The summed E-state index contributed by atoms with van der Waals surface area (Å²) in [6.07, 6.45) is 0.410. The summed E-state index contributed by atoms with van der Waals surface area (Å²) in [4.78, 5) is 25.0. The average Bonchev–Trinajstić information content (AvgIpc) is 3.01. The molecule has 0 radical (unpaired) electrons. The van der Waals surface area contributed by atoms with Crippen LogP contribution in [0.25, 0.3) is 5.69 Å². The minimum Gasteiger partial charge on any atom is -0.326 e. The average molecular weight is 413 g/mol. The number of halogens is 2. The molecule has 1 atom stereocenters. The van der Waals surface area contributed by atoms with E-state index in [4.69, 9.17) is 11.6 Å². The molecule has 0 spiro atoms. The number of rotatable bonds is 4. The van der Waals surface area contributed by atoms with Gasteiger partial charge in [0.2, 0.25) is 11.8 Å². The number of aryl methyl sites for hydroxylation is 1. The SMILES string of the molecule is Cc1nn(-c2ccccc2)c2c1CC(CC(=O)Nc1ccc(F)c(Cl)c1)C(=O)N2. The van der Waals surface area contributed by atoms with Gasteiger partial charge in [-0.25, -0.2) is 9.07 Å². The molecule has 1 aliphatic rings. The summed E-state index contributed by atoms with van der Waals surface area (Å²) in [5, 5.41) is 10.0. The van der Waals surface area contributed by atoms with E-state index in [2.05, 4.69) is 15.7 Å². The maximum absolute atomic E-state index is 13.3. The van der Waals surface area contributed by atoms with E-state index in [1.807, 2.05) is 37.3 Å². The van der Waals surface area contributed by atoms with Crippen LogP contribution in [0.2, 0.25) is 5.02 Å². The third kappa shape index (κ3) is 3.86. The van der Waals surface area contributed by atoms with Crippen LogP contribution in [0.3, 0.4) is 0 Å². The Hall–Kier alpha value is -3.19. The zero-order chi connectivity index (χ0) is 20.5. The highest BCUT2D eigenvalue weighted by Crippen LogP contribution is 2.32. The Morgan fingerprint density at radius 1 is 1.31 bits per heavy atom. The molecule has 3 aromatic rings. The van der Waals surface area contributed by atoms with Crippen LogP contribution in [-0.4, -0.2) is 21.6 Å². The molecule has 4 rings (SSSR count). The summed E-state index contributed by atoms with van der Waals surface area (Å²) in [5.41, 5.74) is 2.95. The van der Waals surface area contributed by atoms with Crippen molar-refractivity contribution in [2.24, 2.45) is 5.92 Å². The van der Waals surface area contributed by atoms with Gasteiger partial charge in [-0.2, -0.15) is 5.10 Å². The van der Waals surface area contributed by atoms with Gasteiger partial charge in [0, 0.05) is 17.7 Å². The fourth-order valence-electron chi connectivity index (χ4n) is 3.42. The van der Waals surface area contributed by atoms with Gasteiger partial charge in [0.05, 0.1) is 22.3 Å². The fraction of sp³-hybridized carbons (Fsp3) is 0.190. The molecule has 0 bridgehead atoms. The van der Waals surface area contributed by atoms with Gasteiger partial charge in [-0.3, -0.25) is 9.59 Å². The number of benzene rings is 2. The van der Waals surface area contributed by atoms with Gasteiger partial charge in [0.25, 0.3) is 0 Å². The second-order valence-electron chi connectivity index (χ2n) is 6.93. The van der Waals surface area contributed by atoms with E-state index in [0.717, 1.165) is 16.9 Å². The van der Waals surface area contributed by atoms with Crippen molar-refractivity contribution in [3.8, 4) is 5.69 Å². The lowest BCUT2D eigenvalue weighted by atomic mass is 9.91. The number of carbonyl (C=O) groups is 2. The summed E-state index contributed by atoms with van der Waals surface area (Å²) in [6, 6.07) is 13.5. The fourth-order valence-corrected chi connectivity index (χ4v) is 3.60. The van der Waals surface area contributed by atoms with Crippen LogP contribution in [0.5, 0.6) is 0 Å². The summed E-state index contributed by atoms with van der Waals surface area (Å²) in [7, 11) is 0. The summed E-state index contributed by atoms with van der Waals surface area (Å²) in [5.74, 6) is -1.02. The molecule has 2 heterocycles. The van der Waals surface area contributed by atoms with Gasteiger partial charge >= 0.3 is 0 Å². The lowest BCUT2D eigenvalue weighted by Crippen LogP contribution is -2.33. The third-order valence-electron chi connectivity index (χ3n) is 4.88. The number of hydrogen-bond acceptors (Lipinski definition) is 3. The van der Waals surface area contributed by atoms with Crippen LogP contribution in [0.4, 0.5) is 15.9 Å². The van der Waals surface area contributed by atoms with E-state index in [1.165, 1.54) is 18.2 Å². The Kier molecular flexibility index (Phi) is 5.07. The van der Waals surface area contributed by atoms with Gasteiger partial charge in [0.1, 0.15) is 11.6 Å². The molecule has 148 valence electrons. The van der Waals surface area contributed by atoms with Gasteiger partial charge in [-0.1, -0.05) is 29.8 Å². The zero-order valence-corrected chi connectivity index (χ0v) is 16.3. The predicted octanol–water partition coefficient (Wildman–Crippen LogP) is 4.11. The van der Waals surface area contributed by atoms with Crippen molar-refractivity contribution >= 4 is 34.9 Å². The molecular weight excluding hydrogens is 395 g/mol.